The number of nitro groups is 1. The molecule has 94 valence electrons. The molecule has 0 aliphatic carbocycles. The predicted molar refractivity (Wildman–Crippen MR) is 60.1 cm³/mol. The second kappa shape index (κ2) is 5.53. The zero-order valence-electron chi connectivity index (χ0n) is 9.54. The van der Waals surface area contributed by atoms with E-state index >= 15 is 0 Å². The summed E-state index contributed by atoms with van der Waals surface area (Å²) in [7, 11) is 3.65. The number of non-ortho nitro benzene ring substituents is 1. The van der Waals surface area contributed by atoms with Gasteiger partial charge < -0.3 is 10.2 Å². The minimum Gasteiger partial charge on any atom is -0.379 e. The number of halogens is 2. The molecule has 1 N–H and O–H groups in total. The minimum atomic E-state index is -0.963. The second-order valence-corrected chi connectivity index (χ2v) is 3.77. The number of hydrogen-bond acceptors (Lipinski definition) is 4. The molecule has 1 rings (SSSR count). The van der Waals surface area contributed by atoms with Gasteiger partial charge in [-0.05, 0) is 14.1 Å². The zero-order chi connectivity index (χ0) is 13.0. The van der Waals surface area contributed by atoms with Crippen LogP contribution in [-0.4, -0.2) is 37.0 Å². The van der Waals surface area contributed by atoms with Gasteiger partial charge in [0.05, 0.1) is 17.1 Å². The van der Waals surface area contributed by atoms with Gasteiger partial charge in [-0.2, -0.15) is 0 Å². The van der Waals surface area contributed by atoms with Crippen molar-refractivity contribution in [3.8, 4) is 0 Å². The highest BCUT2D eigenvalue weighted by Gasteiger charge is 2.16. The molecule has 1 aromatic rings. The highest BCUT2D eigenvalue weighted by Crippen LogP contribution is 2.24. The Labute approximate surface area is 97.2 Å². The predicted octanol–water partition coefficient (Wildman–Crippen LogP) is 1.85. The lowest BCUT2D eigenvalue weighted by atomic mass is 10.2. The largest absolute Gasteiger partial charge is 0.379 e. The second-order valence-electron chi connectivity index (χ2n) is 3.77. The minimum absolute atomic E-state index is 0.336. The van der Waals surface area contributed by atoms with E-state index in [1.807, 2.05) is 19.0 Å². The van der Waals surface area contributed by atoms with Crippen LogP contribution in [0, 0.1) is 21.7 Å². The summed E-state index contributed by atoms with van der Waals surface area (Å²) in [5.41, 5.74) is -0.935. The Bertz CT molecular complexity index is 401. The van der Waals surface area contributed by atoms with Crippen LogP contribution in [0.25, 0.3) is 0 Å². The molecule has 0 radical (unpaired) electrons. The quantitative estimate of drug-likeness (QED) is 0.635. The maximum atomic E-state index is 13.4. The van der Waals surface area contributed by atoms with Gasteiger partial charge in [-0.1, -0.05) is 0 Å². The SMILES string of the molecule is CN(C)CCNc1c(F)cc([N+](=O)[O-])cc1F. The molecular formula is C10H13F2N3O2. The smallest absolute Gasteiger partial charge is 0.275 e. The van der Waals surface area contributed by atoms with E-state index in [0.29, 0.717) is 25.2 Å². The molecule has 0 saturated carbocycles. The first-order chi connectivity index (χ1) is 7.91. The van der Waals surface area contributed by atoms with Crippen molar-refractivity contribution >= 4 is 11.4 Å². The van der Waals surface area contributed by atoms with Crippen LogP contribution in [0.2, 0.25) is 0 Å². The number of nitro benzene ring substituents is 1. The number of rotatable bonds is 5. The van der Waals surface area contributed by atoms with Crippen LogP contribution in [0.1, 0.15) is 0 Å². The molecule has 17 heavy (non-hydrogen) atoms. The van der Waals surface area contributed by atoms with Gasteiger partial charge in [0.25, 0.3) is 5.69 Å². The molecule has 0 bridgehead atoms. The number of anilines is 1. The van der Waals surface area contributed by atoms with Crippen LogP contribution < -0.4 is 5.32 Å². The molecule has 0 atom stereocenters. The lowest BCUT2D eigenvalue weighted by molar-refractivity contribution is -0.385. The third-order valence-corrected chi connectivity index (χ3v) is 2.10. The van der Waals surface area contributed by atoms with Crippen molar-refractivity contribution in [3.05, 3.63) is 33.9 Å². The first-order valence-corrected chi connectivity index (χ1v) is 4.94. The van der Waals surface area contributed by atoms with E-state index in [9.17, 15) is 18.9 Å². The fraction of sp³-hybridized carbons (Fsp3) is 0.400. The number of likely N-dealkylation sites (N-methyl/N-ethyl adjacent to an activating group) is 1. The number of nitrogens with one attached hydrogen (secondary N) is 1. The highest BCUT2D eigenvalue weighted by molar-refractivity contribution is 5.51. The van der Waals surface area contributed by atoms with Crippen molar-refractivity contribution in [3.63, 3.8) is 0 Å². The van der Waals surface area contributed by atoms with Crippen LogP contribution in [-0.2, 0) is 0 Å². The molecule has 7 heteroatoms. The topological polar surface area (TPSA) is 58.4 Å². The summed E-state index contributed by atoms with van der Waals surface area (Å²) < 4.78 is 26.8. The maximum absolute atomic E-state index is 13.4. The Morgan fingerprint density at radius 3 is 2.29 bits per heavy atom. The van der Waals surface area contributed by atoms with Gasteiger partial charge in [-0.15, -0.1) is 0 Å². The number of hydrogen-bond donors (Lipinski definition) is 1. The molecule has 0 heterocycles. The van der Waals surface area contributed by atoms with E-state index in [-0.39, 0.29) is 5.69 Å². The Morgan fingerprint density at radius 1 is 1.35 bits per heavy atom. The van der Waals surface area contributed by atoms with Crippen molar-refractivity contribution in [1.29, 1.82) is 0 Å². The van der Waals surface area contributed by atoms with Gasteiger partial charge in [-0.3, -0.25) is 10.1 Å². The molecule has 5 nitrogen and oxygen atoms in total. The Kier molecular flexibility index (Phi) is 4.33. The van der Waals surface area contributed by atoms with Crippen LogP contribution in [0.15, 0.2) is 12.1 Å². The van der Waals surface area contributed by atoms with Gasteiger partial charge in [0.1, 0.15) is 5.69 Å². The van der Waals surface area contributed by atoms with Gasteiger partial charge in [0.2, 0.25) is 0 Å². The normalized spacial score (nSPS) is 10.6. The van der Waals surface area contributed by atoms with Gasteiger partial charge in [0, 0.05) is 13.1 Å². The van der Waals surface area contributed by atoms with Crippen molar-refractivity contribution in [2.75, 3.05) is 32.5 Å². The molecule has 0 aromatic heterocycles. The van der Waals surface area contributed by atoms with E-state index in [1.165, 1.54) is 0 Å². The molecule has 0 unspecified atom stereocenters. The average molecular weight is 245 g/mol. The van der Waals surface area contributed by atoms with Crippen LogP contribution >= 0.6 is 0 Å². The maximum Gasteiger partial charge on any atom is 0.275 e. The summed E-state index contributed by atoms with van der Waals surface area (Å²) in [4.78, 5) is 11.4. The summed E-state index contributed by atoms with van der Waals surface area (Å²) in [6.45, 7) is 0.939. The van der Waals surface area contributed by atoms with Gasteiger partial charge >= 0.3 is 0 Å². The molecule has 0 aliphatic rings. The zero-order valence-corrected chi connectivity index (χ0v) is 9.54. The third-order valence-electron chi connectivity index (χ3n) is 2.10. The summed E-state index contributed by atoms with van der Waals surface area (Å²) in [5, 5.41) is 12.9. The van der Waals surface area contributed by atoms with Crippen molar-refractivity contribution in [2.45, 2.75) is 0 Å². The first-order valence-electron chi connectivity index (χ1n) is 4.94. The van der Waals surface area contributed by atoms with Crippen molar-refractivity contribution in [2.24, 2.45) is 0 Å². The summed E-state index contributed by atoms with van der Waals surface area (Å²) >= 11 is 0. The molecule has 0 fully saturated rings. The molecule has 0 saturated heterocycles. The van der Waals surface area contributed by atoms with Crippen LogP contribution in [0.4, 0.5) is 20.2 Å². The summed E-state index contributed by atoms with van der Waals surface area (Å²) in [5.74, 6) is -1.93. The standard InChI is InChI=1S/C10H13F2N3O2/c1-14(2)4-3-13-10-8(11)5-7(15(16)17)6-9(10)12/h5-6,13H,3-4H2,1-2H3. The molecule has 0 aliphatic heterocycles. The molecular weight excluding hydrogens is 232 g/mol. The van der Waals surface area contributed by atoms with Gasteiger partial charge in [0.15, 0.2) is 11.6 Å². The molecule has 0 spiro atoms. The molecule has 1 aromatic carbocycles. The van der Waals surface area contributed by atoms with Crippen molar-refractivity contribution in [1.82, 2.24) is 4.90 Å². The van der Waals surface area contributed by atoms with Gasteiger partial charge in [-0.25, -0.2) is 8.78 Å². The van der Waals surface area contributed by atoms with E-state index in [1.54, 1.807) is 0 Å². The van der Waals surface area contributed by atoms with E-state index < -0.39 is 22.2 Å². The summed E-state index contributed by atoms with van der Waals surface area (Å²) in [6, 6.07) is 1.39. The number of nitrogens with zero attached hydrogens (tertiary/aromatic N) is 2. The Morgan fingerprint density at radius 2 is 1.88 bits per heavy atom. The Hall–Kier alpha value is -1.76. The van der Waals surface area contributed by atoms with Crippen LogP contribution in [0.3, 0.4) is 0 Å². The van der Waals surface area contributed by atoms with Crippen LogP contribution in [0.5, 0.6) is 0 Å². The number of benzene rings is 1. The van der Waals surface area contributed by atoms with Crippen molar-refractivity contribution < 1.29 is 13.7 Å². The average Bonchev–Trinajstić information content (AvgIpc) is 2.21. The summed E-state index contributed by atoms with van der Waals surface area (Å²) in [6.07, 6.45) is 0. The third kappa shape index (κ3) is 3.63. The van der Waals surface area contributed by atoms with E-state index in [0.717, 1.165) is 0 Å². The highest BCUT2D eigenvalue weighted by atomic mass is 19.1. The lowest BCUT2D eigenvalue weighted by Gasteiger charge is -2.12. The first kappa shape index (κ1) is 13.3. The fourth-order valence-electron chi connectivity index (χ4n) is 1.24. The Balaban J connectivity index is 2.83. The fourth-order valence-corrected chi connectivity index (χ4v) is 1.24. The van der Waals surface area contributed by atoms with E-state index in [4.69, 9.17) is 0 Å². The van der Waals surface area contributed by atoms with E-state index in [2.05, 4.69) is 5.32 Å². The monoisotopic (exact) mass is 245 g/mol. The lowest BCUT2D eigenvalue weighted by Crippen LogP contribution is -2.21. The molecule has 0 amide bonds.